The molecule has 1 aliphatic carbocycles. The Hall–Kier alpha value is -0.805. The van der Waals surface area contributed by atoms with Gasteiger partial charge in [0.2, 0.25) is 0 Å². The predicted molar refractivity (Wildman–Crippen MR) is 87.4 cm³/mol. The summed E-state index contributed by atoms with van der Waals surface area (Å²) < 4.78 is 17.6. The number of hydrogen-bond donors (Lipinski definition) is 0. The Labute approximate surface area is 134 Å². The van der Waals surface area contributed by atoms with Crippen molar-refractivity contribution in [3.8, 4) is 0 Å². The van der Waals surface area contributed by atoms with Crippen molar-refractivity contribution in [2.24, 2.45) is 5.92 Å². The molecule has 0 amide bonds. The second-order valence-corrected chi connectivity index (χ2v) is 8.37. The van der Waals surface area contributed by atoms with Crippen LogP contribution < -0.4 is 0 Å². The fourth-order valence-electron chi connectivity index (χ4n) is 2.66. The molecule has 5 heteroatoms. The van der Waals surface area contributed by atoms with Gasteiger partial charge in [0.15, 0.2) is 0 Å². The standard InChI is InChI=1S/C17H29BO4/c1-15(2,3)20-14(19)12-8-10-13(11-9-12)18-21-16(4,5)17(6,7)22-18/h10,12H,8-9,11H2,1-7H3. The third kappa shape index (κ3) is 3.74. The van der Waals surface area contributed by atoms with Gasteiger partial charge >= 0.3 is 13.1 Å². The minimum Gasteiger partial charge on any atom is -0.460 e. The second-order valence-electron chi connectivity index (χ2n) is 8.37. The first-order valence-electron chi connectivity index (χ1n) is 8.19. The Balaban J connectivity index is 1.97. The van der Waals surface area contributed by atoms with E-state index in [0.717, 1.165) is 18.3 Å². The van der Waals surface area contributed by atoms with E-state index in [4.69, 9.17) is 14.0 Å². The summed E-state index contributed by atoms with van der Waals surface area (Å²) in [7, 11) is -0.287. The molecule has 1 atom stereocenters. The van der Waals surface area contributed by atoms with Gasteiger partial charge in [-0.15, -0.1) is 0 Å². The molecule has 124 valence electrons. The van der Waals surface area contributed by atoms with Crippen LogP contribution in [0.2, 0.25) is 0 Å². The van der Waals surface area contributed by atoms with E-state index < -0.39 is 5.60 Å². The molecule has 22 heavy (non-hydrogen) atoms. The molecule has 0 radical (unpaired) electrons. The molecule has 0 saturated carbocycles. The third-order valence-electron chi connectivity index (χ3n) is 4.74. The maximum absolute atomic E-state index is 12.1. The molecule has 2 rings (SSSR count). The molecular weight excluding hydrogens is 279 g/mol. The van der Waals surface area contributed by atoms with Gasteiger partial charge in [0.1, 0.15) is 5.60 Å². The van der Waals surface area contributed by atoms with Gasteiger partial charge in [-0.1, -0.05) is 6.08 Å². The van der Waals surface area contributed by atoms with Crippen molar-refractivity contribution in [1.29, 1.82) is 0 Å². The number of carbonyl (C=O) groups excluding carboxylic acids is 1. The molecule has 0 spiro atoms. The van der Waals surface area contributed by atoms with Gasteiger partial charge in [-0.05, 0) is 73.2 Å². The van der Waals surface area contributed by atoms with Gasteiger partial charge in [0, 0.05) is 0 Å². The zero-order chi connectivity index (χ0) is 16.8. The summed E-state index contributed by atoms with van der Waals surface area (Å²) in [5.41, 5.74) is 0.0897. The van der Waals surface area contributed by atoms with Crippen LogP contribution >= 0.6 is 0 Å². The summed E-state index contributed by atoms with van der Waals surface area (Å²) in [5, 5.41) is 0. The summed E-state index contributed by atoms with van der Waals surface area (Å²) in [6, 6.07) is 0. The summed E-state index contributed by atoms with van der Waals surface area (Å²) in [6.07, 6.45) is 4.42. The minimum atomic E-state index is -0.424. The first-order valence-corrected chi connectivity index (χ1v) is 8.19. The van der Waals surface area contributed by atoms with E-state index in [1.807, 2.05) is 20.8 Å². The van der Waals surface area contributed by atoms with E-state index in [1.165, 1.54) is 0 Å². The average molecular weight is 308 g/mol. The fraction of sp³-hybridized carbons (Fsp3) is 0.824. The lowest BCUT2D eigenvalue weighted by Crippen LogP contribution is -2.41. The van der Waals surface area contributed by atoms with Gasteiger partial charge in [-0.25, -0.2) is 0 Å². The van der Waals surface area contributed by atoms with E-state index in [9.17, 15) is 4.79 Å². The normalized spacial score (nSPS) is 27.5. The average Bonchev–Trinajstić information content (AvgIpc) is 2.56. The van der Waals surface area contributed by atoms with Crippen LogP contribution in [-0.4, -0.2) is 29.9 Å². The maximum atomic E-state index is 12.1. The molecule has 1 aliphatic heterocycles. The highest BCUT2D eigenvalue weighted by Gasteiger charge is 2.52. The summed E-state index contributed by atoms with van der Waals surface area (Å²) in [5.74, 6) is -0.151. The molecule has 0 aromatic rings. The molecule has 4 nitrogen and oxygen atoms in total. The maximum Gasteiger partial charge on any atom is 0.490 e. The van der Waals surface area contributed by atoms with Crippen molar-refractivity contribution in [3.05, 3.63) is 11.5 Å². The van der Waals surface area contributed by atoms with Crippen LogP contribution in [0.5, 0.6) is 0 Å². The highest BCUT2D eigenvalue weighted by atomic mass is 16.7. The largest absolute Gasteiger partial charge is 0.490 e. The van der Waals surface area contributed by atoms with E-state index in [-0.39, 0.29) is 30.2 Å². The van der Waals surface area contributed by atoms with Crippen molar-refractivity contribution < 1.29 is 18.8 Å². The molecule has 0 aromatic heterocycles. The zero-order valence-electron chi connectivity index (χ0n) is 15.0. The first kappa shape index (κ1) is 17.5. The lowest BCUT2D eigenvalue weighted by molar-refractivity contribution is -0.160. The lowest BCUT2D eigenvalue weighted by atomic mass is 9.70. The Morgan fingerprint density at radius 2 is 1.77 bits per heavy atom. The molecule has 0 aromatic carbocycles. The Kier molecular flexibility index (Phi) is 4.53. The van der Waals surface area contributed by atoms with Gasteiger partial charge in [-0.2, -0.15) is 0 Å². The summed E-state index contributed by atoms with van der Waals surface area (Å²) in [4.78, 5) is 12.1. The quantitative estimate of drug-likeness (QED) is 0.576. The Bertz CT molecular complexity index is 458. The number of rotatable bonds is 2. The van der Waals surface area contributed by atoms with Crippen LogP contribution in [0.1, 0.15) is 67.7 Å². The van der Waals surface area contributed by atoms with Gasteiger partial charge in [-0.3, -0.25) is 4.79 Å². The van der Waals surface area contributed by atoms with Crippen molar-refractivity contribution in [2.75, 3.05) is 0 Å². The summed E-state index contributed by atoms with van der Waals surface area (Å²) in [6.45, 7) is 13.9. The van der Waals surface area contributed by atoms with Crippen LogP contribution in [0, 0.1) is 5.92 Å². The molecule has 0 bridgehead atoms. The van der Waals surface area contributed by atoms with E-state index >= 15 is 0 Å². The van der Waals surface area contributed by atoms with Crippen LogP contribution in [0.15, 0.2) is 11.5 Å². The zero-order valence-corrected chi connectivity index (χ0v) is 15.0. The van der Waals surface area contributed by atoms with E-state index in [2.05, 4.69) is 33.8 Å². The Morgan fingerprint density at radius 1 is 1.23 bits per heavy atom. The minimum absolute atomic E-state index is 0.0506. The van der Waals surface area contributed by atoms with E-state index in [1.54, 1.807) is 0 Å². The highest BCUT2D eigenvalue weighted by Crippen LogP contribution is 2.40. The fourth-order valence-corrected chi connectivity index (χ4v) is 2.66. The number of allylic oxidation sites excluding steroid dienone is 2. The van der Waals surface area contributed by atoms with Crippen LogP contribution in [0.25, 0.3) is 0 Å². The predicted octanol–water partition coefficient (Wildman–Crippen LogP) is 3.69. The molecule has 1 fully saturated rings. The molecule has 2 aliphatic rings. The van der Waals surface area contributed by atoms with Crippen LogP contribution in [0.3, 0.4) is 0 Å². The van der Waals surface area contributed by atoms with Crippen molar-refractivity contribution in [3.63, 3.8) is 0 Å². The third-order valence-corrected chi connectivity index (χ3v) is 4.74. The van der Waals surface area contributed by atoms with Crippen molar-refractivity contribution in [1.82, 2.24) is 0 Å². The van der Waals surface area contributed by atoms with Crippen LogP contribution in [-0.2, 0) is 18.8 Å². The molecule has 1 heterocycles. The molecule has 1 unspecified atom stereocenters. The van der Waals surface area contributed by atoms with Crippen molar-refractivity contribution >= 4 is 13.1 Å². The van der Waals surface area contributed by atoms with Gasteiger partial charge < -0.3 is 14.0 Å². The smallest absolute Gasteiger partial charge is 0.460 e. The van der Waals surface area contributed by atoms with Gasteiger partial charge in [0.05, 0.1) is 17.1 Å². The second kappa shape index (κ2) is 5.68. The molecular formula is C17H29BO4. The topological polar surface area (TPSA) is 44.8 Å². The number of carbonyl (C=O) groups is 1. The number of esters is 1. The van der Waals surface area contributed by atoms with Crippen LogP contribution in [0.4, 0.5) is 0 Å². The van der Waals surface area contributed by atoms with Crippen molar-refractivity contribution in [2.45, 2.75) is 84.5 Å². The Morgan fingerprint density at radius 3 is 2.18 bits per heavy atom. The van der Waals surface area contributed by atoms with Gasteiger partial charge in [0.25, 0.3) is 0 Å². The first-order chi connectivity index (χ1) is 9.91. The number of hydrogen-bond acceptors (Lipinski definition) is 4. The monoisotopic (exact) mass is 308 g/mol. The molecule has 1 saturated heterocycles. The lowest BCUT2D eigenvalue weighted by Gasteiger charge is -2.32. The summed E-state index contributed by atoms with van der Waals surface area (Å²) >= 11 is 0. The molecule has 0 N–H and O–H groups in total. The number of ether oxygens (including phenoxy) is 1. The van der Waals surface area contributed by atoms with E-state index in [0.29, 0.717) is 6.42 Å². The highest BCUT2D eigenvalue weighted by molar-refractivity contribution is 6.54. The SMILES string of the molecule is CC(C)(C)OC(=O)C1CC=C(B2OC(C)(C)C(C)(C)O2)CC1.